The van der Waals surface area contributed by atoms with E-state index < -0.39 is 20.0 Å². The van der Waals surface area contributed by atoms with Gasteiger partial charge in [0.05, 0.1) is 40.4 Å². The average molecular weight is 912 g/mol. The highest BCUT2D eigenvalue weighted by molar-refractivity contribution is 7.89. The van der Waals surface area contributed by atoms with E-state index >= 15 is 0 Å². The number of ether oxygens (including phenoxy) is 1. The van der Waals surface area contributed by atoms with Crippen LogP contribution < -0.4 is 25.6 Å². The minimum atomic E-state index is -3.75. The third-order valence-electron chi connectivity index (χ3n) is 10.6. The molecular weight excluding hydrogens is 860 g/mol. The molecule has 8 aromatic rings. The quantitative estimate of drug-likeness (QED) is 0.0608. The highest BCUT2D eigenvalue weighted by Gasteiger charge is 2.21. The van der Waals surface area contributed by atoms with Gasteiger partial charge in [-0.05, 0) is 74.6 Å². The summed E-state index contributed by atoms with van der Waals surface area (Å²) in [6.07, 6.45) is 7.62. The zero-order chi connectivity index (χ0) is 44.6. The topological polar surface area (TPSA) is 215 Å². The molecule has 0 radical (unpaired) electrons. The third kappa shape index (κ3) is 10.3. The van der Waals surface area contributed by atoms with E-state index in [0.717, 1.165) is 82.8 Å². The van der Waals surface area contributed by atoms with Crippen LogP contribution in [0.2, 0.25) is 5.02 Å². The maximum atomic E-state index is 12.8. The van der Waals surface area contributed by atoms with E-state index in [1.807, 2.05) is 48.5 Å². The van der Waals surface area contributed by atoms with Gasteiger partial charge in [0.15, 0.2) is 11.6 Å². The lowest BCUT2D eigenvalue weighted by molar-refractivity contribution is 0.402. The SMILES string of the molecule is CCCCc1nc2c(N)nc3ccccc3c2n1CCCCNS(=O)(=O)c1cc(Cl)ccc1OC.Nc1nc2ccccc2c2c1ncn2CCCCNS(=O)(=O)c1ccccc1. The van der Waals surface area contributed by atoms with Gasteiger partial charge in [-0.25, -0.2) is 46.2 Å². The Hall–Kier alpha value is -5.85. The van der Waals surface area contributed by atoms with Crippen LogP contribution in [0.25, 0.3) is 43.9 Å². The molecule has 4 aromatic heterocycles. The molecule has 0 unspecified atom stereocenters. The Morgan fingerprint density at radius 3 is 1.95 bits per heavy atom. The van der Waals surface area contributed by atoms with Crippen LogP contribution in [-0.4, -0.2) is 66.1 Å². The van der Waals surface area contributed by atoms with Crippen LogP contribution in [0.1, 0.15) is 51.3 Å². The average Bonchev–Trinajstić information content (AvgIpc) is 3.89. The molecule has 0 aliphatic carbocycles. The van der Waals surface area contributed by atoms with Crippen molar-refractivity contribution >= 4 is 87.2 Å². The fourth-order valence-corrected chi connectivity index (χ4v) is 10.1. The number of nitrogens with two attached hydrogens (primary N) is 2. The standard InChI is InChI=1S/C25H30ClN5O3S.C20H21N5O2S/c1-3-4-11-22-30-23-24(18-9-5-6-10-19(18)29-25(23)27)31(22)15-8-7-14-28-35(32,33)21-16-17(26)12-13-20(21)34-2;21-20-18-19(16-10-4-5-11-17(16)24-20)25(14-22-18)13-7-6-12-23-28(26,27)15-8-2-1-3-9-15/h5-6,9-10,12-13,16,28H,3-4,7-8,11,14-15H2,1-2H3,(H2,27,29);1-5,8-11,14,23H,6-7,12-13H2,(H2,21,24). The molecule has 0 aliphatic heterocycles. The van der Waals surface area contributed by atoms with Crippen molar-refractivity contribution in [3.63, 3.8) is 0 Å². The number of pyridine rings is 2. The Labute approximate surface area is 372 Å². The molecule has 8 rings (SSSR count). The van der Waals surface area contributed by atoms with Crippen LogP contribution in [0.4, 0.5) is 11.6 Å². The number of para-hydroxylation sites is 2. The number of halogens is 1. The number of benzene rings is 4. The fourth-order valence-electron chi connectivity index (χ4n) is 7.48. The van der Waals surface area contributed by atoms with Crippen LogP contribution in [-0.2, 0) is 39.6 Å². The first kappa shape index (κ1) is 45.2. The lowest BCUT2D eigenvalue weighted by Crippen LogP contribution is -2.25. The minimum Gasteiger partial charge on any atom is -0.495 e. The predicted molar refractivity (Wildman–Crippen MR) is 251 cm³/mol. The number of imidazole rings is 2. The summed E-state index contributed by atoms with van der Waals surface area (Å²) in [5, 5.41) is 2.36. The maximum Gasteiger partial charge on any atom is 0.244 e. The number of nitrogen functional groups attached to an aromatic ring is 2. The minimum absolute atomic E-state index is 0.0319. The van der Waals surface area contributed by atoms with E-state index in [1.54, 1.807) is 48.8 Å². The Morgan fingerprint density at radius 1 is 0.683 bits per heavy atom. The van der Waals surface area contributed by atoms with Gasteiger partial charge in [-0.2, -0.15) is 0 Å². The van der Waals surface area contributed by atoms with Gasteiger partial charge in [0.25, 0.3) is 0 Å². The molecule has 0 fully saturated rings. The second-order valence-electron chi connectivity index (χ2n) is 15.0. The second kappa shape index (κ2) is 20.1. The molecule has 0 aliphatic rings. The van der Waals surface area contributed by atoms with Gasteiger partial charge in [-0.3, -0.25) is 0 Å². The van der Waals surface area contributed by atoms with Crippen molar-refractivity contribution in [2.24, 2.45) is 0 Å². The van der Waals surface area contributed by atoms with Crippen molar-refractivity contribution < 1.29 is 21.6 Å². The van der Waals surface area contributed by atoms with Crippen LogP contribution in [0.5, 0.6) is 5.75 Å². The van der Waals surface area contributed by atoms with Gasteiger partial charge < -0.3 is 25.3 Å². The molecule has 0 spiro atoms. The van der Waals surface area contributed by atoms with Gasteiger partial charge >= 0.3 is 0 Å². The second-order valence-corrected chi connectivity index (χ2v) is 18.9. The monoisotopic (exact) mass is 910 g/mol. The number of hydrogen-bond acceptors (Lipinski definition) is 11. The lowest BCUT2D eigenvalue weighted by atomic mass is 10.2. The summed E-state index contributed by atoms with van der Waals surface area (Å²) < 4.78 is 64.9. The number of methoxy groups -OCH3 is 1. The number of anilines is 2. The number of nitrogens with one attached hydrogen (secondary N) is 2. The molecule has 0 amide bonds. The molecule has 63 heavy (non-hydrogen) atoms. The smallest absolute Gasteiger partial charge is 0.244 e. The van der Waals surface area contributed by atoms with E-state index in [9.17, 15) is 16.8 Å². The first-order chi connectivity index (χ1) is 30.4. The summed E-state index contributed by atoms with van der Waals surface area (Å²) >= 11 is 6.00. The van der Waals surface area contributed by atoms with E-state index in [1.165, 1.54) is 13.2 Å². The highest BCUT2D eigenvalue weighted by atomic mass is 35.5. The van der Waals surface area contributed by atoms with Gasteiger partial charge in [-0.15, -0.1) is 0 Å². The molecular formula is C45H51ClN10O5S2. The number of sulfonamides is 2. The number of aromatic nitrogens is 6. The fraction of sp³-hybridized carbons (Fsp3) is 0.289. The zero-order valence-electron chi connectivity index (χ0n) is 35.2. The molecule has 330 valence electrons. The first-order valence-corrected chi connectivity index (χ1v) is 24.2. The number of fused-ring (bicyclic) bond motifs is 6. The maximum absolute atomic E-state index is 12.8. The number of rotatable bonds is 18. The van der Waals surface area contributed by atoms with Gasteiger partial charge in [0.1, 0.15) is 27.5 Å². The molecule has 6 N–H and O–H groups in total. The number of nitrogens with zero attached hydrogens (tertiary/aromatic N) is 6. The largest absolute Gasteiger partial charge is 0.495 e. The molecule has 0 saturated heterocycles. The molecule has 0 saturated carbocycles. The van der Waals surface area contributed by atoms with Crippen LogP contribution >= 0.6 is 11.6 Å². The summed E-state index contributed by atoms with van der Waals surface area (Å²) in [7, 11) is -5.78. The number of unbranched alkanes of at least 4 members (excludes halogenated alkanes) is 3. The lowest BCUT2D eigenvalue weighted by Gasteiger charge is -2.12. The molecule has 4 aromatic carbocycles. The highest BCUT2D eigenvalue weighted by Crippen LogP contribution is 2.31. The van der Waals surface area contributed by atoms with Crippen LogP contribution in [0.15, 0.2) is 113 Å². The Balaban J connectivity index is 0.000000193. The first-order valence-electron chi connectivity index (χ1n) is 20.8. The van der Waals surface area contributed by atoms with Crippen molar-refractivity contribution in [2.45, 2.75) is 74.7 Å². The number of aryl methyl sites for hydroxylation is 3. The van der Waals surface area contributed by atoms with E-state index in [-0.39, 0.29) is 15.5 Å². The van der Waals surface area contributed by atoms with Crippen molar-refractivity contribution in [1.29, 1.82) is 0 Å². The number of hydrogen-bond donors (Lipinski definition) is 4. The van der Waals surface area contributed by atoms with E-state index in [0.29, 0.717) is 54.7 Å². The van der Waals surface area contributed by atoms with Crippen molar-refractivity contribution in [1.82, 2.24) is 38.5 Å². The molecule has 18 heteroatoms. The Kier molecular flexibility index (Phi) is 14.4. The predicted octanol–water partition coefficient (Wildman–Crippen LogP) is 7.86. The zero-order valence-corrected chi connectivity index (χ0v) is 37.6. The van der Waals surface area contributed by atoms with Crippen molar-refractivity contribution in [3.8, 4) is 5.75 Å². The van der Waals surface area contributed by atoms with Crippen molar-refractivity contribution in [3.05, 3.63) is 114 Å². The molecule has 15 nitrogen and oxygen atoms in total. The third-order valence-corrected chi connectivity index (χ3v) is 13.8. The van der Waals surface area contributed by atoms with E-state index in [2.05, 4.69) is 40.5 Å². The van der Waals surface area contributed by atoms with Crippen LogP contribution in [0.3, 0.4) is 0 Å². The van der Waals surface area contributed by atoms with Gasteiger partial charge in [0, 0.05) is 48.4 Å². The Bertz CT molecular complexity index is 3090. The van der Waals surface area contributed by atoms with Crippen LogP contribution in [0, 0.1) is 0 Å². The summed E-state index contributed by atoms with van der Waals surface area (Å²) in [6.45, 7) is 4.25. The summed E-state index contributed by atoms with van der Waals surface area (Å²) in [6, 6.07) is 28.7. The summed E-state index contributed by atoms with van der Waals surface area (Å²) in [5.74, 6) is 2.09. The molecule has 4 heterocycles. The summed E-state index contributed by atoms with van der Waals surface area (Å²) in [5.41, 5.74) is 17.4. The molecule has 0 bridgehead atoms. The van der Waals surface area contributed by atoms with E-state index in [4.69, 9.17) is 32.8 Å². The summed E-state index contributed by atoms with van der Waals surface area (Å²) in [4.78, 5) is 18.5. The van der Waals surface area contributed by atoms with Crippen molar-refractivity contribution in [2.75, 3.05) is 31.7 Å². The Morgan fingerprint density at radius 2 is 1.29 bits per heavy atom. The molecule has 0 atom stereocenters. The van der Waals surface area contributed by atoms with Gasteiger partial charge in [0.2, 0.25) is 20.0 Å². The normalized spacial score (nSPS) is 12.0. The van der Waals surface area contributed by atoms with Gasteiger partial charge in [-0.1, -0.05) is 79.5 Å².